The summed E-state index contributed by atoms with van der Waals surface area (Å²) >= 11 is 0. The van der Waals surface area contributed by atoms with Crippen LogP contribution in [0.5, 0.6) is 5.88 Å². The van der Waals surface area contributed by atoms with Gasteiger partial charge in [-0.25, -0.2) is 9.97 Å². The molecule has 134 valence electrons. The van der Waals surface area contributed by atoms with Crippen LogP contribution in [0.2, 0.25) is 0 Å². The summed E-state index contributed by atoms with van der Waals surface area (Å²) in [6.07, 6.45) is 7.87. The van der Waals surface area contributed by atoms with E-state index in [-0.39, 0.29) is 11.9 Å². The van der Waals surface area contributed by atoms with E-state index in [0.717, 1.165) is 38.0 Å². The lowest BCUT2D eigenvalue weighted by Crippen LogP contribution is -2.43. The fourth-order valence-corrected chi connectivity index (χ4v) is 2.99. The van der Waals surface area contributed by atoms with E-state index < -0.39 is 0 Å². The number of ether oxygens (including phenoxy) is 1. The summed E-state index contributed by atoms with van der Waals surface area (Å²) in [5, 5.41) is 3.42. The molecule has 25 heavy (non-hydrogen) atoms. The Kier molecular flexibility index (Phi) is 5.53. The number of hydrogen-bond acceptors (Lipinski definition) is 5. The number of carbonyl (C=O) groups is 1. The Balaban J connectivity index is 1.56. The lowest BCUT2D eigenvalue weighted by Gasteiger charge is -2.32. The predicted molar refractivity (Wildman–Crippen MR) is 95.8 cm³/mol. The lowest BCUT2D eigenvalue weighted by atomic mass is 10.0. The Morgan fingerprint density at radius 2 is 2.08 bits per heavy atom. The third-order valence-corrected chi connectivity index (χ3v) is 4.39. The number of rotatable bonds is 6. The molecule has 1 N–H and O–H groups in total. The number of carbonyl (C=O) groups excluding carboxylic acids is 1. The summed E-state index contributed by atoms with van der Waals surface area (Å²) in [5.41, 5.74) is 0.732. The number of nitrogens with zero attached hydrogens (tertiary/aromatic N) is 4. The fraction of sp³-hybridized carbons (Fsp3) is 0.500. The third-order valence-electron chi connectivity index (χ3n) is 4.39. The van der Waals surface area contributed by atoms with Crippen molar-refractivity contribution in [2.24, 2.45) is 7.05 Å². The summed E-state index contributed by atoms with van der Waals surface area (Å²) in [6, 6.07) is 4.02. The van der Waals surface area contributed by atoms with Crippen molar-refractivity contribution in [1.29, 1.82) is 0 Å². The van der Waals surface area contributed by atoms with Gasteiger partial charge in [0, 0.05) is 44.8 Å². The summed E-state index contributed by atoms with van der Waals surface area (Å²) in [7, 11) is 1.90. The van der Waals surface area contributed by atoms with Gasteiger partial charge >= 0.3 is 0 Å². The van der Waals surface area contributed by atoms with Gasteiger partial charge in [-0.3, -0.25) is 4.79 Å². The summed E-state index contributed by atoms with van der Waals surface area (Å²) in [4.78, 5) is 23.1. The van der Waals surface area contributed by atoms with Gasteiger partial charge in [-0.1, -0.05) is 6.92 Å². The van der Waals surface area contributed by atoms with Crippen LogP contribution in [0.4, 0.5) is 5.82 Å². The van der Waals surface area contributed by atoms with Crippen molar-refractivity contribution in [3.05, 3.63) is 36.4 Å². The summed E-state index contributed by atoms with van der Waals surface area (Å²) in [5.74, 6) is 1.33. The minimum Gasteiger partial charge on any atom is -0.475 e. The number of hydrogen-bond donors (Lipinski definition) is 1. The van der Waals surface area contributed by atoms with Crippen molar-refractivity contribution in [1.82, 2.24) is 19.4 Å². The van der Waals surface area contributed by atoms with Crippen molar-refractivity contribution in [3.63, 3.8) is 0 Å². The summed E-state index contributed by atoms with van der Waals surface area (Å²) in [6.45, 7) is 4.14. The second-order valence-corrected chi connectivity index (χ2v) is 6.27. The number of piperidine rings is 1. The van der Waals surface area contributed by atoms with Crippen molar-refractivity contribution >= 4 is 11.7 Å². The minimum absolute atomic E-state index is 0.0948. The molecule has 3 rings (SSSR count). The highest BCUT2D eigenvalue weighted by molar-refractivity contribution is 5.92. The summed E-state index contributed by atoms with van der Waals surface area (Å²) < 4.78 is 7.51. The zero-order valence-corrected chi connectivity index (χ0v) is 14.8. The second-order valence-electron chi connectivity index (χ2n) is 6.27. The van der Waals surface area contributed by atoms with Gasteiger partial charge in [-0.05, 0) is 31.4 Å². The number of anilines is 1. The van der Waals surface area contributed by atoms with Gasteiger partial charge < -0.3 is 19.5 Å². The van der Waals surface area contributed by atoms with Gasteiger partial charge in [0.1, 0.15) is 5.69 Å². The maximum atomic E-state index is 12.6. The molecule has 0 radical (unpaired) electrons. The first-order valence-electron chi connectivity index (χ1n) is 8.80. The molecule has 0 saturated carbocycles. The Bertz CT molecular complexity index is 707. The second kappa shape index (κ2) is 8.00. The van der Waals surface area contributed by atoms with Crippen LogP contribution in [0.15, 0.2) is 30.7 Å². The Morgan fingerprint density at radius 3 is 2.76 bits per heavy atom. The molecule has 1 aliphatic heterocycles. The highest BCUT2D eigenvalue weighted by Crippen LogP contribution is 2.22. The molecule has 0 unspecified atom stereocenters. The SMILES string of the molecule is CCCOc1nccnc1NC1CCN(C(=O)c2cccn2C)CC1. The molecule has 0 bridgehead atoms. The molecule has 1 fully saturated rings. The third kappa shape index (κ3) is 4.10. The van der Waals surface area contributed by atoms with Gasteiger partial charge in [0.2, 0.25) is 0 Å². The zero-order chi connectivity index (χ0) is 17.6. The Morgan fingerprint density at radius 1 is 1.32 bits per heavy atom. The van der Waals surface area contributed by atoms with Crippen molar-refractivity contribution in [3.8, 4) is 5.88 Å². The molecule has 0 atom stereocenters. The fourth-order valence-electron chi connectivity index (χ4n) is 2.99. The van der Waals surface area contributed by atoms with Gasteiger partial charge in [0.25, 0.3) is 11.8 Å². The number of amides is 1. The van der Waals surface area contributed by atoms with E-state index in [9.17, 15) is 4.79 Å². The van der Waals surface area contributed by atoms with Crippen molar-refractivity contribution in [2.75, 3.05) is 25.0 Å². The number of aryl methyl sites for hydroxylation is 1. The van der Waals surface area contributed by atoms with Gasteiger partial charge in [0.05, 0.1) is 6.61 Å². The highest BCUT2D eigenvalue weighted by Gasteiger charge is 2.25. The number of aromatic nitrogens is 3. The number of nitrogens with one attached hydrogen (secondary N) is 1. The van der Waals surface area contributed by atoms with Crippen LogP contribution < -0.4 is 10.1 Å². The monoisotopic (exact) mass is 343 g/mol. The molecule has 0 spiro atoms. The molecule has 1 saturated heterocycles. The van der Waals surface area contributed by atoms with Crippen LogP contribution in [0.25, 0.3) is 0 Å². The van der Waals surface area contributed by atoms with Gasteiger partial charge in [-0.15, -0.1) is 0 Å². The van der Waals surface area contributed by atoms with E-state index >= 15 is 0 Å². The molecule has 2 aromatic heterocycles. The van der Waals surface area contributed by atoms with Crippen LogP contribution in [-0.2, 0) is 7.05 Å². The van der Waals surface area contributed by atoms with Crippen LogP contribution >= 0.6 is 0 Å². The van der Waals surface area contributed by atoms with E-state index in [1.807, 2.05) is 34.8 Å². The molecule has 1 aliphatic rings. The molecular weight excluding hydrogens is 318 g/mol. The first kappa shape index (κ1) is 17.3. The number of likely N-dealkylation sites (tertiary alicyclic amines) is 1. The van der Waals surface area contributed by atoms with Crippen molar-refractivity contribution in [2.45, 2.75) is 32.2 Å². The standard InChI is InChI=1S/C18H25N5O2/c1-3-13-25-17-16(19-8-9-20-17)21-14-6-11-23(12-7-14)18(24)15-5-4-10-22(15)2/h4-5,8-10,14H,3,6-7,11-13H2,1-2H3,(H,19,21). The first-order chi connectivity index (χ1) is 12.2. The topological polar surface area (TPSA) is 72.3 Å². The normalized spacial score (nSPS) is 15.2. The van der Waals surface area contributed by atoms with Gasteiger partial charge in [-0.2, -0.15) is 0 Å². The average Bonchev–Trinajstić information content (AvgIpc) is 3.07. The van der Waals surface area contributed by atoms with Crippen LogP contribution in [0.1, 0.15) is 36.7 Å². The van der Waals surface area contributed by atoms with E-state index in [4.69, 9.17) is 4.74 Å². The molecule has 2 aromatic rings. The van der Waals surface area contributed by atoms with Crippen LogP contribution in [-0.4, -0.2) is 51.1 Å². The smallest absolute Gasteiger partial charge is 0.270 e. The molecule has 0 aliphatic carbocycles. The Labute approximate surface area is 148 Å². The quantitative estimate of drug-likeness (QED) is 0.871. The van der Waals surface area contributed by atoms with E-state index in [1.54, 1.807) is 12.4 Å². The van der Waals surface area contributed by atoms with Crippen LogP contribution in [0, 0.1) is 0 Å². The largest absolute Gasteiger partial charge is 0.475 e. The molecule has 7 heteroatoms. The Hall–Kier alpha value is -2.57. The minimum atomic E-state index is 0.0948. The van der Waals surface area contributed by atoms with E-state index in [2.05, 4.69) is 22.2 Å². The van der Waals surface area contributed by atoms with Gasteiger partial charge in [0.15, 0.2) is 5.82 Å². The maximum Gasteiger partial charge on any atom is 0.270 e. The van der Waals surface area contributed by atoms with Crippen molar-refractivity contribution < 1.29 is 9.53 Å². The maximum absolute atomic E-state index is 12.6. The predicted octanol–water partition coefficient (Wildman–Crippen LogP) is 2.32. The molecule has 7 nitrogen and oxygen atoms in total. The molecular formula is C18H25N5O2. The molecule has 0 aromatic carbocycles. The average molecular weight is 343 g/mol. The van der Waals surface area contributed by atoms with E-state index in [0.29, 0.717) is 18.3 Å². The first-order valence-corrected chi connectivity index (χ1v) is 8.80. The molecule has 1 amide bonds. The zero-order valence-electron chi connectivity index (χ0n) is 14.8. The molecule has 3 heterocycles. The van der Waals surface area contributed by atoms with E-state index in [1.165, 1.54) is 0 Å². The van der Waals surface area contributed by atoms with Crippen LogP contribution in [0.3, 0.4) is 0 Å². The highest BCUT2D eigenvalue weighted by atomic mass is 16.5. The lowest BCUT2D eigenvalue weighted by molar-refractivity contribution is 0.0708.